The van der Waals surface area contributed by atoms with Gasteiger partial charge in [-0.1, -0.05) is 20.8 Å². The highest BCUT2D eigenvalue weighted by molar-refractivity contribution is 6.05. The lowest BCUT2D eigenvalue weighted by Gasteiger charge is -2.25. The normalized spacial score (nSPS) is 21.1. The molecule has 17 heavy (non-hydrogen) atoms. The molecule has 1 aliphatic rings. The number of amides is 2. The Morgan fingerprint density at radius 3 is 2.35 bits per heavy atom. The van der Waals surface area contributed by atoms with Gasteiger partial charge in [-0.25, -0.2) is 0 Å². The Morgan fingerprint density at radius 2 is 1.94 bits per heavy atom. The van der Waals surface area contributed by atoms with Crippen LogP contribution >= 0.6 is 0 Å². The van der Waals surface area contributed by atoms with Crippen LogP contribution in [-0.2, 0) is 9.59 Å². The van der Waals surface area contributed by atoms with E-state index in [1.165, 1.54) is 4.90 Å². The largest absolute Gasteiger partial charge is 0.319 e. The Kier molecular flexibility index (Phi) is 4.69. The molecule has 1 rings (SSSR count). The lowest BCUT2D eigenvalue weighted by molar-refractivity contribution is -0.142. The van der Waals surface area contributed by atoms with Gasteiger partial charge in [-0.2, -0.15) is 0 Å². The highest BCUT2D eigenvalue weighted by Gasteiger charge is 2.48. The zero-order chi connectivity index (χ0) is 13.1. The molecule has 0 aromatic heterocycles. The molecule has 0 radical (unpaired) electrons. The molecule has 1 heterocycles. The van der Waals surface area contributed by atoms with Crippen molar-refractivity contribution < 1.29 is 9.59 Å². The van der Waals surface area contributed by atoms with Crippen molar-refractivity contribution >= 4 is 11.8 Å². The van der Waals surface area contributed by atoms with Gasteiger partial charge in [0.05, 0.1) is 5.41 Å². The Labute approximate surface area is 104 Å². The van der Waals surface area contributed by atoms with Gasteiger partial charge in [0.15, 0.2) is 0 Å². The third-order valence-corrected chi connectivity index (χ3v) is 3.89. The van der Waals surface area contributed by atoms with Crippen LogP contribution in [0.4, 0.5) is 0 Å². The Bertz CT molecular complexity index is 298. The summed E-state index contributed by atoms with van der Waals surface area (Å²) in [6.07, 6.45) is 1.90. The molecule has 0 bridgehead atoms. The smallest absolute Gasteiger partial charge is 0.235 e. The van der Waals surface area contributed by atoms with E-state index >= 15 is 0 Å². The highest BCUT2D eigenvalue weighted by atomic mass is 16.2. The van der Waals surface area contributed by atoms with Crippen LogP contribution < -0.4 is 5.32 Å². The molecule has 98 valence electrons. The molecule has 1 N–H and O–H groups in total. The first kappa shape index (κ1) is 14.2. The number of nitrogens with one attached hydrogen (secondary N) is 1. The summed E-state index contributed by atoms with van der Waals surface area (Å²) < 4.78 is 0. The summed E-state index contributed by atoms with van der Waals surface area (Å²) in [6, 6.07) is 0. The molecular formula is C13H24N2O2. The first-order valence-electron chi connectivity index (χ1n) is 6.50. The van der Waals surface area contributed by atoms with Crippen LogP contribution in [0.2, 0.25) is 0 Å². The molecule has 0 spiro atoms. The fourth-order valence-electron chi connectivity index (χ4n) is 2.57. The van der Waals surface area contributed by atoms with Gasteiger partial charge in [0.1, 0.15) is 0 Å². The molecule has 1 atom stereocenters. The average Bonchev–Trinajstić information content (AvgIpc) is 2.54. The predicted molar refractivity (Wildman–Crippen MR) is 67.4 cm³/mol. The van der Waals surface area contributed by atoms with Crippen LogP contribution in [0.1, 0.15) is 40.0 Å². The monoisotopic (exact) mass is 240 g/mol. The van der Waals surface area contributed by atoms with E-state index in [1.54, 1.807) is 0 Å². The minimum Gasteiger partial charge on any atom is -0.319 e. The maximum atomic E-state index is 12.3. The van der Waals surface area contributed by atoms with Crippen molar-refractivity contribution in [1.29, 1.82) is 0 Å². The van der Waals surface area contributed by atoms with E-state index in [0.717, 1.165) is 19.4 Å². The molecule has 1 unspecified atom stereocenters. The summed E-state index contributed by atoms with van der Waals surface area (Å²) in [5.74, 6) is 0.342. The molecular weight excluding hydrogens is 216 g/mol. The number of imide groups is 1. The minimum absolute atomic E-state index is 0.00153. The first-order valence-corrected chi connectivity index (χ1v) is 6.50. The van der Waals surface area contributed by atoms with E-state index < -0.39 is 5.41 Å². The second-order valence-electron chi connectivity index (χ2n) is 5.14. The lowest BCUT2D eigenvalue weighted by Crippen LogP contribution is -2.39. The topological polar surface area (TPSA) is 49.4 Å². The number of likely N-dealkylation sites (tertiary alicyclic amines) is 1. The van der Waals surface area contributed by atoms with Gasteiger partial charge in [0, 0.05) is 13.0 Å². The second-order valence-corrected chi connectivity index (χ2v) is 5.14. The van der Waals surface area contributed by atoms with Crippen molar-refractivity contribution in [2.75, 3.05) is 20.1 Å². The van der Waals surface area contributed by atoms with E-state index in [1.807, 2.05) is 20.9 Å². The highest BCUT2D eigenvalue weighted by Crippen LogP contribution is 2.39. The Hall–Kier alpha value is -0.900. The zero-order valence-corrected chi connectivity index (χ0v) is 11.4. The van der Waals surface area contributed by atoms with E-state index in [9.17, 15) is 9.59 Å². The molecule has 1 aliphatic heterocycles. The van der Waals surface area contributed by atoms with Gasteiger partial charge in [-0.05, 0) is 32.4 Å². The minimum atomic E-state index is -0.420. The van der Waals surface area contributed by atoms with E-state index in [-0.39, 0.29) is 11.8 Å². The predicted octanol–water partition coefficient (Wildman–Crippen LogP) is 1.41. The maximum Gasteiger partial charge on any atom is 0.235 e. The van der Waals surface area contributed by atoms with E-state index in [0.29, 0.717) is 18.9 Å². The first-order chi connectivity index (χ1) is 8.00. The lowest BCUT2D eigenvalue weighted by atomic mass is 9.81. The van der Waals surface area contributed by atoms with Gasteiger partial charge < -0.3 is 5.32 Å². The summed E-state index contributed by atoms with van der Waals surface area (Å²) >= 11 is 0. The van der Waals surface area contributed by atoms with Crippen LogP contribution in [0.3, 0.4) is 0 Å². The standard InChI is InChI=1S/C13H24N2O2/c1-5-13(6-2)7-11(16)15(12(13)17)9-10(3)8-14-4/h10,14H,5-9H2,1-4H3. The number of hydrogen-bond acceptors (Lipinski definition) is 3. The number of rotatable bonds is 6. The second kappa shape index (κ2) is 5.63. The average molecular weight is 240 g/mol. The van der Waals surface area contributed by atoms with Crippen molar-refractivity contribution in [1.82, 2.24) is 10.2 Å². The van der Waals surface area contributed by atoms with Gasteiger partial charge in [-0.15, -0.1) is 0 Å². The number of carbonyl (C=O) groups excluding carboxylic acids is 2. The molecule has 0 aliphatic carbocycles. The number of hydrogen-bond donors (Lipinski definition) is 1. The van der Waals surface area contributed by atoms with Crippen molar-refractivity contribution in [2.45, 2.75) is 40.0 Å². The van der Waals surface area contributed by atoms with Crippen molar-refractivity contribution in [2.24, 2.45) is 11.3 Å². The SMILES string of the molecule is CCC1(CC)CC(=O)N(CC(C)CNC)C1=O. The quantitative estimate of drug-likeness (QED) is 0.714. The van der Waals surface area contributed by atoms with Gasteiger partial charge >= 0.3 is 0 Å². The molecule has 4 nitrogen and oxygen atoms in total. The van der Waals surface area contributed by atoms with E-state index in [2.05, 4.69) is 12.2 Å². The summed E-state index contributed by atoms with van der Waals surface area (Å²) in [5.41, 5.74) is -0.420. The van der Waals surface area contributed by atoms with Gasteiger partial charge in [0.2, 0.25) is 11.8 Å². The van der Waals surface area contributed by atoms with Crippen molar-refractivity contribution in [3.8, 4) is 0 Å². The number of carbonyl (C=O) groups is 2. The number of nitrogens with zero attached hydrogens (tertiary/aromatic N) is 1. The van der Waals surface area contributed by atoms with Crippen LogP contribution in [0.25, 0.3) is 0 Å². The molecule has 1 fully saturated rings. The van der Waals surface area contributed by atoms with Crippen LogP contribution in [0.5, 0.6) is 0 Å². The molecule has 0 saturated carbocycles. The van der Waals surface area contributed by atoms with Crippen molar-refractivity contribution in [3.05, 3.63) is 0 Å². The van der Waals surface area contributed by atoms with Crippen LogP contribution in [0, 0.1) is 11.3 Å². The Balaban J connectivity index is 2.75. The maximum absolute atomic E-state index is 12.3. The van der Waals surface area contributed by atoms with Gasteiger partial charge in [-0.3, -0.25) is 14.5 Å². The van der Waals surface area contributed by atoms with Gasteiger partial charge in [0.25, 0.3) is 0 Å². The zero-order valence-electron chi connectivity index (χ0n) is 11.4. The van der Waals surface area contributed by atoms with E-state index in [4.69, 9.17) is 0 Å². The molecule has 0 aromatic carbocycles. The van der Waals surface area contributed by atoms with Crippen molar-refractivity contribution in [3.63, 3.8) is 0 Å². The summed E-state index contributed by atoms with van der Waals surface area (Å²) in [5, 5.41) is 3.07. The van der Waals surface area contributed by atoms with Crippen LogP contribution in [-0.4, -0.2) is 36.9 Å². The Morgan fingerprint density at radius 1 is 1.35 bits per heavy atom. The molecule has 4 heteroatoms. The fraction of sp³-hybridized carbons (Fsp3) is 0.846. The third kappa shape index (κ3) is 2.68. The summed E-state index contributed by atoms with van der Waals surface area (Å²) in [4.78, 5) is 25.7. The van der Waals surface area contributed by atoms with Crippen LogP contribution in [0.15, 0.2) is 0 Å². The molecule has 1 saturated heterocycles. The fourth-order valence-corrected chi connectivity index (χ4v) is 2.57. The molecule has 2 amide bonds. The molecule has 0 aromatic rings. The third-order valence-electron chi connectivity index (χ3n) is 3.89. The summed E-state index contributed by atoms with van der Waals surface area (Å²) in [7, 11) is 1.88. The summed E-state index contributed by atoms with van der Waals surface area (Å²) in [6.45, 7) is 7.40.